The maximum absolute atomic E-state index is 5.97. The summed E-state index contributed by atoms with van der Waals surface area (Å²) >= 11 is 0. The highest BCUT2D eigenvalue weighted by Crippen LogP contribution is 2.46. The molecule has 20 heavy (non-hydrogen) atoms. The van der Waals surface area contributed by atoms with Crippen LogP contribution >= 0.6 is 0 Å². The Hall–Kier alpha value is -1.10. The smallest absolute Gasteiger partial charge is 0.127 e. The minimum absolute atomic E-state index is 0.0931. The second-order valence-corrected chi connectivity index (χ2v) is 6.24. The standard InChI is InChI=1S/C16H25N3O/c1-19(2)16(9-3-4-10-16)15(18-17)13-7-5-6-12-8-11-20-14(12)13/h5-7,15,18H,3-4,8-11,17H2,1-2H3. The molecule has 0 spiro atoms. The van der Waals surface area contributed by atoms with Crippen LogP contribution in [0.15, 0.2) is 18.2 Å². The number of para-hydroxylation sites is 1. The molecule has 1 aromatic rings. The average Bonchev–Trinajstić information content (AvgIpc) is 3.09. The largest absolute Gasteiger partial charge is 0.493 e. The number of hydrazine groups is 1. The van der Waals surface area contributed by atoms with Gasteiger partial charge in [0.05, 0.1) is 12.6 Å². The van der Waals surface area contributed by atoms with Crippen molar-refractivity contribution in [3.05, 3.63) is 29.3 Å². The molecular weight excluding hydrogens is 250 g/mol. The summed E-state index contributed by atoms with van der Waals surface area (Å²) in [4.78, 5) is 2.35. The van der Waals surface area contributed by atoms with E-state index in [4.69, 9.17) is 10.6 Å². The molecule has 1 heterocycles. The van der Waals surface area contributed by atoms with Crippen LogP contribution < -0.4 is 16.0 Å². The Balaban J connectivity index is 2.04. The van der Waals surface area contributed by atoms with Crippen molar-refractivity contribution in [2.24, 2.45) is 5.84 Å². The zero-order chi connectivity index (χ0) is 14.2. The zero-order valence-electron chi connectivity index (χ0n) is 12.5. The number of nitrogens with one attached hydrogen (secondary N) is 1. The zero-order valence-corrected chi connectivity index (χ0v) is 12.5. The number of nitrogens with zero attached hydrogens (tertiary/aromatic N) is 1. The number of nitrogens with two attached hydrogens (primary N) is 1. The summed E-state index contributed by atoms with van der Waals surface area (Å²) in [5.74, 6) is 7.03. The molecular formula is C16H25N3O. The Labute approximate surface area is 121 Å². The van der Waals surface area contributed by atoms with Crippen molar-refractivity contribution in [3.8, 4) is 5.75 Å². The summed E-state index contributed by atoms with van der Waals surface area (Å²) in [5.41, 5.74) is 5.72. The van der Waals surface area contributed by atoms with E-state index in [0.29, 0.717) is 0 Å². The molecule has 1 unspecified atom stereocenters. The third-order valence-electron chi connectivity index (χ3n) is 5.12. The SMILES string of the molecule is CN(C)C1(C(NN)c2cccc3c2OCC3)CCCC1. The van der Waals surface area contributed by atoms with Crippen molar-refractivity contribution in [2.75, 3.05) is 20.7 Å². The van der Waals surface area contributed by atoms with Gasteiger partial charge in [0.15, 0.2) is 0 Å². The third kappa shape index (κ3) is 2.03. The van der Waals surface area contributed by atoms with Crippen LogP contribution in [0.3, 0.4) is 0 Å². The molecule has 3 N–H and O–H groups in total. The van der Waals surface area contributed by atoms with Crippen LogP contribution in [0.25, 0.3) is 0 Å². The molecule has 4 nitrogen and oxygen atoms in total. The van der Waals surface area contributed by atoms with Gasteiger partial charge < -0.3 is 9.64 Å². The molecule has 1 saturated carbocycles. The van der Waals surface area contributed by atoms with Crippen LogP contribution in [-0.2, 0) is 6.42 Å². The Morgan fingerprint density at radius 2 is 2.05 bits per heavy atom. The number of ether oxygens (including phenoxy) is 1. The number of likely N-dealkylation sites (N-methyl/N-ethyl adjacent to an activating group) is 1. The van der Waals surface area contributed by atoms with Gasteiger partial charge in [-0.2, -0.15) is 0 Å². The van der Waals surface area contributed by atoms with E-state index in [-0.39, 0.29) is 11.6 Å². The van der Waals surface area contributed by atoms with Crippen molar-refractivity contribution < 1.29 is 4.74 Å². The first-order valence-electron chi connectivity index (χ1n) is 7.57. The maximum atomic E-state index is 5.97. The molecule has 0 bridgehead atoms. The molecule has 1 aliphatic carbocycles. The number of hydrogen-bond acceptors (Lipinski definition) is 4. The summed E-state index contributed by atoms with van der Waals surface area (Å²) in [7, 11) is 4.33. The van der Waals surface area contributed by atoms with Crippen molar-refractivity contribution in [2.45, 2.75) is 43.7 Å². The normalized spacial score (nSPS) is 21.8. The molecule has 1 aliphatic heterocycles. The predicted octanol–water partition coefficient (Wildman–Crippen LogP) is 2.00. The van der Waals surface area contributed by atoms with Crippen molar-refractivity contribution in [1.29, 1.82) is 0 Å². The second-order valence-electron chi connectivity index (χ2n) is 6.24. The number of fused-ring (bicyclic) bond motifs is 1. The fourth-order valence-corrected chi connectivity index (χ4v) is 3.98. The van der Waals surface area contributed by atoms with Gasteiger partial charge >= 0.3 is 0 Å². The summed E-state index contributed by atoms with van der Waals surface area (Å²) in [6.07, 6.45) is 5.91. The third-order valence-corrected chi connectivity index (χ3v) is 5.12. The van der Waals surface area contributed by atoms with E-state index < -0.39 is 0 Å². The van der Waals surface area contributed by atoms with E-state index in [1.54, 1.807) is 0 Å². The topological polar surface area (TPSA) is 50.5 Å². The Morgan fingerprint density at radius 3 is 2.70 bits per heavy atom. The molecule has 3 rings (SSSR count). The van der Waals surface area contributed by atoms with Crippen LogP contribution in [0, 0.1) is 0 Å². The van der Waals surface area contributed by atoms with E-state index in [2.05, 4.69) is 42.6 Å². The van der Waals surface area contributed by atoms with Crippen LogP contribution in [-0.4, -0.2) is 31.1 Å². The molecule has 2 aliphatic rings. The van der Waals surface area contributed by atoms with Crippen LogP contribution in [0.1, 0.15) is 42.9 Å². The van der Waals surface area contributed by atoms with Gasteiger partial charge in [-0.05, 0) is 32.5 Å². The summed E-state index contributed by atoms with van der Waals surface area (Å²) in [6.45, 7) is 0.790. The van der Waals surface area contributed by atoms with Gasteiger partial charge in [0.2, 0.25) is 0 Å². The quantitative estimate of drug-likeness (QED) is 0.652. The lowest BCUT2D eigenvalue weighted by molar-refractivity contribution is 0.103. The highest BCUT2D eigenvalue weighted by Gasteiger charge is 2.45. The number of rotatable bonds is 4. The summed E-state index contributed by atoms with van der Waals surface area (Å²) < 4.78 is 5.88. The predicted molar refractivity (Wildman–Crippen MR) is 80.6 cm³/mol. The first-order valence-corrected chi connectivity index (χ1v) is 7.57. The molecule has 0 radical (unpaired) electrons. The molecule has 1 aromatic carbocycles. The van der Waals surface area contributed by atoms with E-state index in [9.17, 15) is 0 Å². The number of benzene rings is 1. The molecule has 1 atom stereocenters. The first-order chi connectivity index (χ1) is 9.69. The first kappa shape index (κ1) is 13.9. The lowest BCUT2D eigenvalue weighted by Crippen LogP contribution is -2.53. The van der Waals surface area contributed by atoms with Gasteiger partial charge in [0.1, 0.15) is 5.75 Å². The molecule has 4 heteroatoms. The lowest BCUT2D eigenvalue weighted by Gasteiger charge is -2.43. The van der Waals surface area contributed by atoms with E-state index in [1.807, 2.05) is 0 Å². The monoisotopic (exact) mass is 275 g/mol. The van der Waals surface area contributed by atoms with Gasteiger partial charge in [-0.3, -0.25) is 11.3 Å². The van der Waals surface area contributed by atoms with Crippen LogP contribution in [0.4, 0.5) is 0 Å². The fourth-order valence-electron chi connectivity index (χ4n) is 3.98. The molecule has 0 saturated heterocycles. The highest BCUT2D eigenvalue weighted by molar-refractivity contribution is 5.47. The van der Waals surface area contributed by atoms with Crippen molar-refractivity contribution >= 4 is 0 Å². The fraction of sp³-hybridized carbons (Fsp3) is 0.625. The molecule has 110 valence electrons. The second kappa shape index (κ2) is 5.35. The maximum Gasteiger partial charge on any atom is 0.127 e. The van der Waals surface area contributed by atoms with Gasteiger partial charge in [-0.15, -0.1) is 0 Å². The van der Waals surface area contributed by atoms with Crippen LogP contribution in [0.5, 0.6) is 5.75 Å². The Bertz CT molecular complexity index is 481. The van der Waals surface area contributed by atoms with E-state index in [1.165, 1.54) is 36.8 Å². The van der Waals surface area contributed by atoms with Gasteiger partial charge in [0, 0.05) is 17.5 Å². The van der Waals surface area contributed by atoms with E-state index in [0.717, 1.165) is 18.8 Å². The Kier molecular flexibility index (Phi) is 3.71. The molecule has 1 fully saturated rings. The van der Waals surface area contributed by atoms with E-state index >= 15 is 0 Å². The van der Waals surface area contributed by atoms with Gasteiger partial charge in [-0.1, -0.05) is 31.0 Å². The summed E-state index contributed by atoms with van der Waals surface area (Å²) in [5, 5.41) is 0. The lowest BCUT2D eigenvalue weighted by atomic mass is 9.82. The van der Waals surface area contributed by atoms with Gasteiger partial charge in [-0.25, -0.2) is 0 Å². The van der Waals surface area contributed by atoms with Crippen molar-refractivity contribution in [1.82, 2.24) is 10.3 Å². The Morgan fingerprint density at radius 1 is 1.30 bits per heavy atom. The van der Waals surface area contributed by atoms with Gasteiger partial charge in [0.25, 0.3) is 0 Å². The van der Waals surface area contributed by atoms with Crippen molar-refractivity contribution in [3.63, 3.8) is 0 Å². The van der Waals surface area contributed by atoms with Crippen LogP contribution in [0.2, 0.25) is 0 Å². The minimum atomic E-state index is 0.0931. The molecule has 0 amide bonds. The average molecular weight is 275 g/mol. The number of hydrogen-bond donors (Lipinski definition) is 2. The molecule has 0 aromatic heterocycles. The minimum Gasteiger partial charge on any atom is -0.493 e. The highest BCUT2D eigenvalue weighted by atomic mass is 16.5. The summed E-state index contributed by atoms with van der Waals surface area (Å²) in [6, 6.07) is 6.58.